The quantitative estimate of drug-likeness (QED) is 0.110. The van der Waals surface area contributed by atoms with Gasteiger partial charge in [-0.3, -0.25) is 0 Å². The molecule has 0 aliphatic carbocycles. The Morgan fingerprint density at radius 3 is 1.05 bits per heavy atom. The van der Waals surface area contributed by atoms with E-state index in [0.29, 0.717) is 5.75 Å². The van der Waals surface area contributed by atoms with Crippen LogP contribution in [0, 0.1) is 6.92 Å². The molecule has 0 heterocycles. The first-order chi connectivity index (χ1) is 29.4. The molecule has 8 rings (SSSR count). The average molecular weight is 805 g/mol. The van der Waals surface area contributed by atoms with Crippen molar-refractivity contribution in [2.45, 2.75) is 43.4 Å². The summed E-state index contributed by atoms with van der Waals surface area (Å²) in [5, 5.41) is 0. The van der Waals surface area contributed by atoms with Crippen molar-refractivity contribution in [1.29, 1.82) is 0 Å². The van der Waals surface area contributed by atoms with E-state index in [0.717, 1.165) is 84.9 Å². The third-order valence-corrected chi connectivity index (χ3v) is 12.1. The van der Waals surface area contributed by atoms with Gasteiger partial charge >= 0.3 is 0 Å². The van der Waals surface area contributed by atoms with Crippen LogP contribution in [0.5, 0.6) is 17.2 Å². The Balaban J connectivity index is 1.02. The smallest absolute Gasteiger partial charge is 0.127 e. The lowest BCUT2D eigenvalue weighted by atomic mass is 10.0. The molecule has 298 valence electrons. The lowest BCUT2D eigenvalue weighted by Crippen LogP contribution is -2.10. The van der Waals surface area contributed by atoms with Gasteiger partial charge in [0, 0.05) is 43.9 Å². The van der Waals surface area contributed by atoms with Crippen LogP contribution in [0.3, 0.4) is 0 Å². The van der Waals surface area contributed by atoms with Gasteiger partial charge in [-0.1, -0.05) is 80.1 Å². The van der Waals surface area contributed by atoms with Crippen molar-refractivity contribution < 1.29 is 13.7 Å². The van der Waals surface area contributed by atoms with Crippen molar-refractivity contribution in [3.8, 4) is 28.4 Å². The largest absolute Gasteiger partial charge is 0.497 e. The van der Waals surface area contributed by atoms with Gasteiger partial charge in [-0.25, -0.2) is 4.21 Å². The van der Waals surface area contributed by atoms with E-state index in [1.54, 1.807) is 7.11 Å². The van der Waals surface area contributed by atoms with Crippen molar-refractivity contribution in [2.24, 2.45) is 0 Å². The van der Waals surface area contributed by atoms with Crippen LogP contribution in [0.2, 0.25) is 0 Å². The average Bonchev–Trinajstić information content (AvgIpc) is 3.31. The number of hydrogen-bond acceptors (Lipinski definition) is 5. The Labute approximate surface area is 356 Å². The van der Waals surface area contributed by atoms with E-state index in [-0.39, 0.29) is 0 Å². The molecular formula is C54H48N2O3S. The van der Waals surface area contributed by atoms with Gasteiger partial charge in [0.15, 0.2) is 0 Å². The van der Waals surface area contributed by atoms with Crippen LogP contribution in [0.1, 0.15) is 30.5 Å². The summed E-state index contributed by atoms with van der Waals surface area (Å²) in [6.07, 6.45) is 1.98. The standard InChI is InChI=1S/C54H48N2O3S/c1-5-40-9-17-44(18-10-40)55(48-25-29-50(58-4)30-26-48)46-21-13-42(14-22-46)43-15-23-47(24-16-43)56(45-19-11-41(6-2)12-20-45)49-27-31-51(32-28-49)59-52-33-37-54(38-34-52)60(57)53-35-7-39(3)8-36-53/h7-38H,5-6H2,1-4H3. The Hall–Kier alpha value is -6.89. The van der Waals surface area contributed by atoms with E-state index in [2.05, 4.69) is 145 Å². The third kappa shape index (κ3) is 9.05. The molecule has 1 unspecified atom stereocenters. The highest BCUT2D eigenvalue weighted by Crippen LogP contribution is 2.39. The second-order valence-electron chi connectivity index (χ2n) is 14.7. The van der Waals surface area contributed by atoms with E-state index in [4.69, 9.17) is 9.47 Å². The van der Waals surface area contributed by atoms with Gasteiger partial charge in [0.05, 0.1) is 17.9 Å². The van der Waals surface area contributed by atoms with Crippen molar-refractivity contribution in [1.82, 2.24) is 0 Å². The molecule has 5 nitrogen and oxygen atoms in total. The zero-order valence-corrected chi connectivity index (χ0v) is 35.2. The van der Waals surface area contributed by atoms with Gasteiger partial charge in [0.2, 0.25) is 0 Å². The predicted molar refractivity (Wildman–Crippen MR) is 249 cm³/mol. The van der Waals surface area contributed by atoms with Crippen LogP contribution in [-0.4, -0.2) is 11.3 Å². The minimum Gasteiger partial charge on any atom is -0.497 e. The molecule has 0 bridgehead atoms. The molecular weight excluding hydrogens is 757 g/mol. The summed E-state index contributed by atoms with van der Waals surface area (Å²) in [5.41, 5.74) is 12.4. The normalized spacial score (nSPS) is 11.5. The molecule has 6 heteroatoms. The number of aryl methyl sites for hydroxylation is 3. The van der Waals surface area contributed by atoms with Crippen molar-refractivity contribution in [2.75, 3.05) is 16.9 Å². The van der Waals surface area contributed by atoms with Crippen molar-refractivity contribution in [3.63, 3.8) is 0 Å². The highest BCUT2D eigenvalue weighted by atomic mass is 32.2. The topological polar surface area (TPSA) is 42.0 Å². The van der Waals surface area contributed by atoms with Gasteiger partial charge in [0.1, 0.15) is 17.2 Å². The maximum Gasteiger partial charge on any atom is 0.127 e. The molecule has 0 fully saturated rings. The van der Waals surface area contributed by atoms with Gasteiger partial charge in [-0.2, -0.15) is 0 Å². The molecule has 0 amide bonds. The first-order valence-corrected chi connectivity index (χ1v) is 21.5. The van der Waals surface area contributed by atoms with Crippen LogP contribution in [0.15, 0.2) is 204 Å². The SMILES string of the molecule is CCc1ccc(N(c2ccc(OC)cc2)c2ccc(-c3ccc(N(c4ccc(CC)cc4)c4ccc(Oc5ccc(S(=O)c6ccc(C)cc6)cc5)cc4)cc3)cc2)cc1. The van der Waals surface area contributed by atoms with Crippen molar-refractivity contribution in [3.05, 3.63) is 211 Å². The molecule has 0 spiro atoms. The summed E-state index contributed by atoms with van der Waals surface area (Å²) < 4.78 is 24.8. The summed E-state index contributed by atoms with van der Waals surface area (Å²) in [6, 6.07) is 66.6. The van der Waals surface area contributed by atoms with Crippen LogP contribution < -0.4 is 19.3 Å². The van der Waals surface area contributed by atoms with Gasteiger partial charge in [0.25, 0.3) is 0 Å². The zero-order chi connectivity index (χ0) is 41.4. The fourth-order valence-corrected chi connectivity index (χ4v) is 8.26. The number of benzene rings is 8. The minimum absolute atomic E-state index is 0.683. The second kappa shape index (κ2) is 18.4. The van der Waals surface area contributed by atoms with E-state index in [1.807, 2.05) is 79.7 Å². The van der Waals surface area contributed by atoms with Gasteiger partial charge < -0.3 is 19.3 Å². The van der Waals surface area contributed by atoms with E-state index in [1.165, 1.54) is 11.1 Å². The molecule has 8 aromatic carbocycles. The van der Waals surface area contributed by atoms with Crippen molar-refractivity contribution >= 4 is 44.9 Å². The van der Waals surface area contributed by atoms with Crippen LogP contribution in [0.4, 0.5) is 34.1 Å². The summed E-state index contributed by atoms with van der Waals surface area (Å²) >= 11 is 0. The van der Waals surface area contributed by atoms with Gasteiger partial charge in [-0.15, -0.1) is 0 Å². The summed E-state index contributed by atoms with van der Waals surface area (Å²) in [4.78, 5) is 6.06. The molecule has 0 saturated heterocycles. The third-order valence-electron chi connectivity index (χ3n) is 10.7. The number of rotatable bonds is 14. The highest BCUT2D eigenvalue weighted by Gasteiger charge is 2.16. The number of methoxy groups -OCH3 is 1. The number of hydrogen-bond donors (Lipinski definition) is 0. The monoisotopic (exact) mass is 804 g/mol. The molecule has 0 radical (unpaired) electrons. The number of ether oxygens (including phenoxy) is 2. The Morgan fingerprint density at radius 1 is 0.400 bits per heavy atom. The zero-order valence-electron chi connectivity index (χ0n) is 34.4. The first kappa shape index (κ1) is 39.9. The maximum atomic E-state index is 13.1. The van der Waals surface area contributed by atoms with Crippen LogP contribution >= 0.6 is 0 Å². The lowest BCUT2D eigenvalue weighted by Gasteiger charge is -2.26. The predicted octanol–water partition coefficient (Wildman–Crippen LogP) is 14.7. The Bertz CT molecular complexity index is 2590. The fourth-order valence-electron chi connectivity index (χ4n) is 7.22. The maximum absolute atomic E-state index is 13.1. The van der Waals surface area contributed by atoms with Crippen LogP contribution in [0.25, 0.3) is 11.1 Å². The Morgan fingerprint density at radius 2 is 0.700 bits per heavy atom. The molecule has 0 aliphatic rings. The second-order valence-corrected chi connectivity index (χ2v) is 16.1. The molecule has 0 saturated carbocycles. The molecule has 8 aromatic rings. The van der Waals surface area contributed by atoms with Gasteiger partial charge in [-0.05, 0) is 175 Å². The molecule has 1 atom stereocenters. The highest BCUT2D eigenvalue weighted by molar-refractivity contribution is 7.85. The lowest BCUT2D eigenvalue weighted by molar-refractivity contribution is 0.415. The fraction of sp³-hybridized carbons (Fsp3) is 0.111. The molecule has 60 heavy (non-hydrogen) atoms. The molecule has 0 aromatic heterocycles. The van der Waals surface area contributed by atoms with E-state index >= 15 is 0 Å². The minimum atomic E-state index is -1.25. The van der Waals surface area contributed by atoms with Crippen LogP contribution in [-0.2, 0) is 23.6 Å². The molecule has 0 N–H and O–H groups in total. The Kier molecular flexibility index (Phi) is 12.2. The number of nitrogens with zero attached hydrogens (tertiary/aromatic N) is 2. The van der Waals surface area contributed by atoms with E-state index in [9.17, 15) is 4.21 Å². The van der Waals surface area contributed by atoms with E-state index < -0.39 is 10.8 Å². The number of anilines is 6. The summed E-state index contributed by atoms with van der Waals surface area (Å²) in [6.45, 7) is 6.38. The first-order valence-electron chi connectivity index (χ1n) is 20.4. The molecule has 0 aliphatic heterocycles. The summed E-state index contributed by atoms with van der Waals surface area (Å²) in [5.74, 6) is 2.23. The summed E-state index contributed by atoms with van der Waals surface area (Å²) in [7, 11) is 0.439.